The summed E-state index contributed by atoms with van der Waals surface area (Å²) in [6.45, 7) is 51.6. The van der Waals surface area contributed by atoms with Gasteiger partial charge in [-0.15, -0.1) is 0 Å². The van der Waals surface area contributed by atoms with Crippen LogP contribution in [-0.2, 0) is 36.5 Å². The summed E-state index contributed by atoms with van der Waals surface area (Å²) >= 11 is 0. The number of rotatable bonds is 19. The minimum atomic E-state index is -0.224. The highest BCUT2D eigenvalue weighted by atomic mass is 33.1. The van der Waals surface area contributed by atoms with Crippen LogP contribution in [0.1, 0.15) is 186 Å². The average molecular weight is 1520 g/mol. The Morgan fingerprint density at radius 1 is 0.184 bits per heavy atom. The van der Waals surface area contributed by atoms with E-state index in [-0.39, 0.29) is 10.8 Å². The van der Waals surface area contributed by atoms with Crippen molar-refractivity contribution < 1.29 is 0 Å². The second kappa shape index (κ2) is 32.9. The van der Waals surface area contributed by atoms with Gasteiger partial charge in [-0.3, -0.25) is 0 Å². The fourth-order valence-electron chi connectivity index (χ4n) is 18.9. The molecule has 0 spiro atoms. The SMILES string of the molecule is Cc1cccc(C)c1-c1cccc(-c2c(C)cccc2C)c1Cc1cc(C(C)(C)C)cc(Cc2c(-c3c(C)cccc3C)cccc2-c2c(C)cccc2C)c1SSc1c(Cc2c(-c3c(C)cccc3C)cccc2-c2c(C)cccc2C)cc(C(C)(C)C)cc1Cc1c(-c2c(C)cccc2C)cccc1-c1c(C)cccc1C. The molecule has 0 amide bonds. The van der Waals surface area contributed by atoms with E-state index in [0.717, 1.165) is 0 Å². The first-order valence-corrected chi connectivity index (χ1v) is 43.3. The van der Waals surface area contributed by atoms with Gasteiger partial charge in [0.1, 0.15) is 0 Å². The fraction of sp³-hybridized carbons (Fsp3) is 0.250. The van der Waals surface area contributed by atoms with E-state index in [4.69, 9.17) is 0 Å². The highest BCUT2D eigenvalue weighted by molar-refractivity contribution is 8.76. The Kier molecular flexibility index (Phi) is 23.2. The van der Waals surface area contributed by atoms with Crippen LogP contribution in [-0.4, -0.2) is 0 Å². The molecule has 0 aliphatic rings. The van der Waals surface area contributed by atoms with E-state index in [9.17, 15) is 0 Å². The van der Waals surface area contributed by atoms with Crippen molar-refractivity contribution in [3.8, 4) is 89.0 Å². The predicted molar refractivity (Wildman–Crippen MR) is 498 cm³/mol. The van der Waals surface area contributed by atoms with Crippen molar-refractivity contribution >= 4 is 21.6 Å². The maximum absolute atomic E-state index is 2.64. The summed E-state index contributed by atoms with van der Waals surface area (Å²) in [5.74, 6) is 0. The quantitative estimate of drug-likeness (QED) is 0.0740. The number of hydrogen-bond acceptors (Lipinski definition) is 2. The summed E-state index contributed by atoms with van der Waals surface area (Å²) in [6.07, 6.45) is 2.79. The standard InChI is InChI=1S/C112H114S2/c1-67-35-23-36-68(2)101(67)89-51-31-52-90(102-69(3)37-24-38-70(102)4)97(89)63-83-59-87(111(17,18)19)60-84(64-98-91(103-71(5)39-25-40-72(103)6)53-32-54-92(98)104-73(7)41-26-42-74(104)8)109(83)113-114-110-85(65-99-93(105-75(9)43-27-44-76(105)10)55-33-56-94(99)106-77(11)45-28-46-78(106)12)61-88(112(20,21)22)62-86(110)66-100-95(107-79(13)47-29-48-80(107)14)57-34-58-96(100)108-81(15)49-30-50-82(108)16/h23-62H,63-66H2,1-22H3. The molecule has 0 N–H and O–H groups in total. The molecule has 0 fully saturated rings. The Bertz CT molecular complexity index is 4910. The van der Waals surface area contributed by atoms with Gasteiger partial charge in [0, 0.05) is 9.79 Å². The van der Waals surface area contributed by atoms with Crippen molar-refractivity contribution in [3.63, 3.8) is 0 Å². The summed E-state index contributed by atoms with van der Waals surface area (Å²) in [7, 11) is 4.04. The normalized spacial score (nSPS) is 11.8. The third kappa shape index (κ3) is 15.9. The van der Waals surface area contributed by atoms with Crippen molar-refractivity contribution in [2.45, 2.75) is 199 Å². The van der Waals surface area contributed by atoms with Crippen LogP contribution in [0.4, 0.5) is 0 Å². The van der Waals surface area contributed by atoms with E-state index in [0.29, 0.717) is 25.7 Å². The number of aryl methyl sites for hydroxylation is 16. The second-order valence-corrected chi connectivity index (χ2v) is 37.2. The Hall–Kier alpha value is -10.2. The molecule has 574 valence electrons. The molecule has 0 aromatic heterocycles. The zero-order chi connectivity index (χ0) is 80.9. The highest BCUT2D eigenvalue weighted by Crippen LogP contribution is 2.53. The lowest BCUT2D eigenvalue weighted by Crippen LogP contribution is -2.14. The molecule has 0 saturated carbocycles. The van der Waals surface area contributed by atoms with Gasteiger partial charge in [-0.1, -0.05) is 306 Å². The van der Waals surface area contributed by atoms with Crippen LogP contribution in [0.5, 0.6) is 0 Å². The third-order valence-electron chi connectivity index (χ3n) is 24.6. The summed E-state index contributed by atoms with van der Waals surface area (Å²) < 4.78 is 0. The van der Waals surface area contributed by atoms with Crippen LogP contribution in [0.3, 0.4) is 0 Å². The first-order valence-electron chi connectivity index (χ1n) is 41.1. The Labute approximate surface area is 691 Å². The van der Waals surface area contributed by atoms with Gasteiger partial charge in [0.05, 0.1) is 0 Å². The monoisotopic (exact) mass is 1520 g/mol. The van der Waals surface area contributed by atoms with E-state index in [2.05, 4.69) is 395 Å². The van der Waals surface area contributed by atoms with Crippen molar-refractivity contribution in [2.24, 2.45) is 0 Å². The number of hydrogen-bond donors (Lipinski definition) is 0. The van der Waals surface area contributed by atoms with Gasteiger partial charge in [0.2, 0.25) is 0 Å². The Morgan fingerprint density at radius 2 is 0.307 bits per heavy atom. The van der Waals surface area contributed by atoms with Gasteiger partial charge in [-0.2, -0.15) is 0 Å². The zero-order valence-corrected chi connectivity index (χ0v) is 73.4. The minimum Gasteiger partial charge on any atom is -0.0617 e. The van der Waals surface area contributed by atoms with Crippen molar-refractivity contribution in [1.82, 2.24) is 0 Å². The van der Waals surface area contributed by atoms with Crippen LogP contribution in [0, 0.1) is 111 Å². The molecule has 0 bridgehead atoms. The maximum Gasteiger partial charge on any atom is 0.0257 e. The lowest BCUT2D eigenvalue weighted by Gasteiger charge is -2.28. The Balaban J connectivity index is 1.12. The van der Waals surface area contributed by atoms with Gasteiger partial charge in [0.15, 0.2) is 0 Å². The van der Waals surface area contributed by atoms with Gasteiger partial charge in [-0.25, -0.2) is 0 Å². The van der Waals surface area contributed by atoms with E-state index < -0.39 is 0 Å². The van der Waals surface area contributed by atoms with E-state index in [1.54, 1.807) is 0 Å². The third-order valence-corrected chi connectivity index (χ3v) is 27.3. The van der Waals surface area contributed by atoms with Crippen molar-refractivity contribution in [2.75, 3.05) is 0 Å². The predicted octanol–water partition coefficient (Wildman–Crippen LogP) is 31.7. The molecule has 14 aromatic carbocycles. The molecule has 0 aliphatic heterocycles. The van der Waals surface area contributed by atoms with Crippen molar-refractivity contribution in [1.29, 1.82) is 0 Å². The topological polar surface area (TPSA) is 0 Å². The molecule has 0 unspecified atom stereocenters. The Morgan fingerprint density at radius 3 is 0.430 bits per heavy atom. The summed E-state index contributed by atoms with van der Waals surface area (Å²) in [5, 5.41) is 0. The van der Waals surface area contributed by atoms with Crippen molar-refractivity contribution in [3.05, 3.63) is 387 Å². The van der Waals surface area contributed by atoms with Gasteiger partial charge in [-0.05, 0) is 381 Å². The molecular weight excluding hydrogens is 1410 g/mol. The first-order chi connectivity index (χ1) is 54.5. The van der Waals surface area contributed by atoms with Crippen LogP contribution in [0.25, 0.3) is 89.0 Å². The second-order valence-electron chi connectivity index (χ2n) is 35.1. The van der Waals surface area contributed by atoms with E-state index in [1.807, 2.05) is 21.6 Å². The largest absolute Gasteiger partial charge is 0.0617 e. The molecule has 0 saturated heterocycles. The van der Waals surface area contributed by atoms with Gasteiger partial charge < -0.3 is 0 Å². The molecule has 114 heavy (non-hydrogen) atoms. The molecule has 14 rings (SSSR count). The lowest BCUT2D eigenvalue weighted by atomic mass is 9.79. The average Bonchev–Trinajstić information content (AvgIpc) is 0.779. The van der Waals surface area contributed by atoms with Crippen LogP contribution in [0.15, 0.2) is 252 Å². The first kappa shape index (κ1) is 80.4. The van der Waals surface area contributed by atoms with Crippen LogP contribution >= 0.6 is 21.6 Å². The van der Waals surface area contributed by atoms with Crippen LogP contribution < -0.4 is 0 Å². The lowest BCUT2D eigenvalue weighted by molar-refractivity contribution is 0.587. The molecule has 0 atom stereocenters. The van der Waals surface area contributed by atoms with Crippen LogP contribution in [0.2, 0.25) is 0 Å². The molecule has 0 heterocycles. The van der Waals surface area contributed by atoms with E-state index in [1.165, 1.54) is 243 Å². The summed E-state index contributed by atoms with van der Waals surface area (Å²) in [6, 6.07) is 94.1. The van der Waals surface area contributed by atoms with E-state index >= 15 is 0 Å². The van der Waals surface area contributed by atoms with Gasteiger partial charge >= 0.3 is 0 Å². The smallest absolute Gasteiger partial charge is 0.0257 e. The molecule has 0 aliphatic carbocycles. The highest BCUT2D eigenvalue weighted by Gasteiger charge is 2.31. The minimum absolute atomic E-state index is 0.224. The maximum atomic E-state index is 2.64. The molecule has 0 radical (unpaired) electrons. The molecule has 14 aromatic rings. The fourth-order valence-corrected chi connectivity index (χ4v) is 21.8. The summed E-state index contributed by atoms with van der Waals surface area (Å²) in [5.41, 5.74) is 54.3. The zero-order valence-electron chi connectivity index (χ0n) is 71.7. The molecule has 0 nitrogen and oxygen atoms in total. The molecular formula is C112H114S2. The molecule has 2 heteroatoms. The summed E-state index contributed by atoms with van der Waals surface area (Å²) in [4.78, 5) is 2.63. The van der Waals surface area contributed by atoms with Gasteiger partial charge in [0.25, 0.3) is 0 Å². The number of benzene rings is 14.